The van der Waals surface area contributed by atoms with Crippen LogP contribution in [0.4, 0.5) is 5.95 Å². The number of rotatable bonds is 5. The fraction of sp³-hybridized carbons (Fsp3) is 0.300. The van der Waals surface area contributed by atoms with Crippen LogP contribution in [-0.2, 0) is 6.54 Å². The molecule has 0 saturated heterocycles. The summed E-state index contributed by atoms with van der Waals surface area (Å²) in [7, 11) is 3.06. The summed E-state index contributed by atoms with van der Waals surface area (Å²) in [5.41, 5.74) is 0. The number of aromatic nitrogens is 3. The average molecular weight is 236 g/mol. The van der Waals surface area contributed by atoms with Gasteiger partial charge in [-0.3, -0.25) is 0 Å². The molecule has 17 heavy (non-hydrogen) atoms. The first-order valence-corrected chi connectivity index (χ1v) is 4.92. The van der Waals surface area contributed by atoms with E-state index in [2.05, 4.69) is 20.4 Å². The van der Waals surface area contributed by atoms with E-state index in [0.717, 1.165) is 0 Å². The third-order valence-electron chi connectivity index (χ3n) is 2.01. The number of methoxy groups -OCH3 is 2. The van der Waals surface area contributed by atoms with Crippen molar-refractivity contribution in [1.29, 1.82) is 0 Å². The average Bonchev–Trinajstić information content (AvgIpc) is 2.89. The Morgan fingerprint density at radius 2 is 1.94 bits per heavy atom. The number of hydrogen-bond donors (Lipinski definition) is 1. The van der Waals surface area contributed by atoms with Gasteiger partial charge in [-0.15, -0.1) is 0 Å². The summed E-state index contributed by atoms with van der Waals surface area (Å²) in [5.74, 6) is 1.95. The van der Waals surface area contributed by atoms with Gasteiger partial charge in [-0.25, -0.2) is 0 Å². The molecule has 0 aliphatic heterocycles. The Labute approximate surface area is 97.8 Å². The molecule has 1 N–H and O–H groups in total. The SMILES string of the molecule is COc1cc(OC)nc(NCc2ccno2)n1. The number of ether oxygens (including phenoxy) is 2. The van der Waals surface area contributed by atoms with Crippen molar-refractivity contribution in [3.8, 4) is 11.8 Å². The molecule has 2 rings (SSSR count). The molecule has 2 heterocycles. The Kier molecular flexibility index (Phi) is 3.39. The molecule has 0 aliphatic carbocycles. The summed E-state index contributed by atoms with van der Waals surface area (Å²) >= 11 is 0. The van der Waals surface area contributed by atoms with Gasteiger partial charge in [0, 0.05) is 6.07 Å². The first-order valence-electron chi connectivity index (χ1n) is 4.92. The van der Waals surface area contributed by atoms with Crippen molar-refractivity contribution >= 4 is 5.95 Å². The van der Waals surface area contributed by atoms with Crippen molar-refractivity contribution < 1.29 is 14.0 Å². The third-order valence-corrected chi connectivity index (χ3v) is 2.01. The van der Waals surface area contributed by atoms with E-state index in [0.29, 0.717) is 30.0 Å². The van der Waals surface area contributed by atoms with Gasteiger partial charge in [-0.1, -0.05) is 5.16 Å². The van der Waals surface area contributed by atoms with Gasteiger partial charge < -0.3 is 19.3 Å². The van der Waals surface area contributed by atoms with Crippen LogP contribution >= 0.6 is 0 Å². The molecule has 7 nitrogen and oxygen atoms in total. The quantitative estimate of drug-likeness (QED) is 0.832. The predicted molar refractivity (Wildman–Crippen MR) is 59.0 cm³/mol. The van der Waals surface area contributed by atoms with Crippen LogP contribution in [0.5, 0.6) is 11.8 Å². The standard InChI is InChI=1S/C10H12N4O3/c1-15-8-5-9(16-2)14-10(13-8)11-6-7-3-4-12-17-7/h3-5H,6H2,1-2H3,(H,11,13,14). The van der Waals surface area contributed by atoms with Crippen molar-refractivity contribution in [2.24, 2.45) is 0 Å². The van der Waals surface area contributed by atoms with E-state index in [-0.39, 0.29) is 0 Å². The van der Waals surface area contributed by atoms with E-state index in [4.69, 9.17) is 14.0 Å². The molecule has 0 fully saturated rings. The normalized spacial score (nSPS) is 10.0. The van der Waals surface area contributed by atoms with Crippen LogP contribution in [0, 0.1) is 0 Å². The Bertz CT molecular complexity index is 450. The van der Waals surface area contributed by atoms with Gasteiger partial charge in [0.15, 0.2) is 5.76 Å². The van der Waals surface area contributed by atoms with Crippen LogP contribution in [0.15, 0.2) is 22.9 Å². The van der Waals surface area contributed by atoms with Gasteiger partial charge in [-0.2, -0.15) is 9.97 Å². The lowest BCUT2D eigenvalue weighted by Crippen LogP contribution is -2.05. The minimum absolute atomic E-state index is 0.401. The van der Waals surface area contributed by atoms with Crippen molar-refractivity contribution in [2.75, 3.05) is 19.5 Å². The maximum atomic E-state index is 5.03. The number of anilines is 1. The summed E-state index contributed by atoms with van der Waals surface area (Å²) in [5, 5.41) is 6.58. The van der Waals surface area contributed by atoms with Gasteiger partial charge in [0.05, 0.1) is 33.0 Å². The second-order valence-electron chi connectivity index (χ2n) is 3.11. The van der Waals surface area contributed by atoms with Crippen molar-refractivity contribution in [3.63, 3.8) is 0 Å². The lowest BCUT2D eigenvalue weighted by atomic mass is 10.4. The largest absolute Gasteiger partial charge is 0.481 e. The smallest absolute Gasteiger partial charge is 0.229 e. The molecule has 7 heteroatoms. The first-order chi connectivity index (χ1) is 8.31. The molecule has 0 aromatic carbocycles. The Morgan fingerprint density at radius 3 is 2.47 bits per heavy atom. The van der Waals surface area contributed by atoms with Crippen LogP contribution in [0.1, 0.15) is 5.76 Å². The highest BCUT2D eigenvalue weighted by molar-refractivity contribution is 5.33. The van der Waals surface area contributed by atoms with Crippen LogP contribution < -0.4 is 14.8 Å². The van der Waals surface area contributed by atoms with Gasteiger partial charge in [-0.05, 0) is 0 Å². The molecule has 0 aliphatic rings. The minimum atomic E-state index is 0.401. The minimum Gasteiger partial charge on any atom is -0.481 e. The predicted octanol–water partition coefficient (Wildman–Crippen LogP) is 1.09. The molecule has 0 atom stereocenters. The van der Waals surface area contributed by atoms with Crippen molar-refractivity contribution in [3.05, 3.63) is 24.1 Å². The summed E-state index contributed by atoms with van der Waals surface area (Å²) in [6.45, 7) is 0.441. The highest BCUT2D eigenvalue weighted by Crippen LogP contribution is 2.17. The van der Waals surface area contributed by atoms with E-state index < -0.39 is 0 Å². The van der Waals surface area contributed by atoms with E-state index in [9.17, 15) is 0 Å². The number of nitrogens with one attached hydrogen (secondary N) is 1. The second kappa shape index (κ2) is 5.15. The van der Waals surface area contributed by atoms with Crippen molar-refractivity contribution in [2.45, 2.75) is 6.54 Å². The van der Waals surface area contributed by atoms with Gasteiger partial charge in [0.2, 0.25) is 17.7 Å². The molecule has 2 aromatic rings. The molecule has 2 aromatic heterocycles. The van der Waals surface area contributed by atoms with E-state index in [1.807, 2.05) is 0 Å². The van der Waals surface area contributed by atoms with E-state index in [1.54, 1.807) is 18.3 Å². The van der Waals surface area contributed by atoms with E-state index in [1.165, 1.54) is 14.2 Å². The lowest BCUT2D eigenvalue weighted by molar-refractivity contribution is 0.371. The summed E-state index contributed by atoms with van der Waals surface area (Å²) < 4.78 is 15.0. The second-order valence-corrected chi connectivity index (χ2v) is 3.11. The zero-order chi connectivity index (χ0) is 12.1. The zero-order valence-electron chi connectivity index (χ0n) is 9.51. The fourth-order valence-electron chi connectivity index (χ4n) is 1.19. The van der Waals surface area contributed by atoms with Crippen LogP contribution in [0.2, 0.25) is 0 Å². The summed E-state index contributed by atoms with van der Waals surface area (Å²) in [6, 6.07) is 3.35. The molecule has 0 unspecified atom stereocenters. The molecule has 0 radical (unpaired) electrons. The van der Waals surface area contributed by atoms with Crippen molar-refractivity contribution in [1.82, 2.24) is 15.1 Å². The van der Waals surface area contributed by atoms with Crippen LogP contribution in [0.3, 0.4) is 0 Å². The molecule has 90 valence electrons. The molecule has 0 saturated carbocycles. The van der Waals surface area contributed by atoms with Gasteiger partial charge in [0.1, 0.15) is 0 Å². The topological polar surface area (TPSA) is 82.3 Å². The number of nitrogens with zero attached hydrogens (tertiary/aromatic N) is 3. The van der Waals surface area contributed by atoms with E-state index >= 15 is 0 Å². The highest BCUT2D eigenvalue weighted by Gasteiger charge is 2.05. The first kappa shape index (κ1) is 11.2. The van der Waals surface area contributed by atoms with Gasteiger partial charge >= 0.3 is 0 Å². The molecular weight excluding hydrogens is 224 g/mol. The lowest BCUT2D eigenvalue weighted by Gasteiger charge is -2.06. The monoisotopic (exact) mass is 236 g/mol. The fourth-order valence-corrected chi connectivity index (χ4v) is 1.19. The molecule has 0 amide bonds. The number of hydrogen-bond acceptors (Lipinski definition) is 7. The molecule has 0 spiro atoms. The molecular formula is C10H12N4O3. The maximum absolute atomic E-state index is 5.03. The summed E-state index contributed by atoms with van der Waals surface area (Å²) in [4.78, 5) is 8.23. The van der Waals surface area contributed by atoms with Crippen LogP contribution in [-0.4, -0.2) is 29.3 Å². The van der Waals surface area contributed by atoms with Gasteiger partial charge in [0.25, 0.3) is 0 Å². The summed E-state index contributed by atoms with van der Waals surface area (Å²) in [6.07, 6.45) is 1.57. The Morgan fingerprint density at radius 1 is 1.24 bits per heavy atom. The Hall–Kier alpha value is -2.31. The highest BCUT2D eigenvalue weighted by atomic mass is 16.5. The maximum Gasteiger partial charge on any atom is 0.229 e. The zero-order valence-corrected chi connectivity index (χ0v) is 9.51. The molecule has 0 bridgehead atoms. The van der Waals surface area contributed by atoms with Crippen LogP contribution in [0.25, 0.3) is 0 Å². The Balaban J connectivity index is 2.09. The third kappa shape index (κ3) is 2.83.